The Morgan fingerprint density at radius 3 is 2.27 bits per heavy atom. The lowest BCUT2D eigenvalue weighted by molar-refractivity contribution is -0.137. The number of nitrogens with one attached hydrogen (secondary N) is 3. The van der Waals surface area contributed by atoms with Gasteiger partial charge in [-0.05, 0) is 113 Å². The van der Waals surface area contributed by atoms with E-state index >= 15 is 0 Å². The maximum atomic E-state index is 13.4. The summed E-state index contributed by atoms with van der Waals surface area (Å²) in [4.78, 5) is 55.5. The first-order chi connectivity index (χ1) is 29.9. The molecule has 4 aromatic rings. The molecule has 2 fully saturated rings. The predicted octanol–water partition coefficient (Wildman–Crippen LogP) is 7.74. The number of aryl methyl sites for hydroxylation is 2. The first-order valence-electron chi connectivity index (χ1n) is 22.4. The number of allylic oxidation sites excluding steroid dienone is 1. The summed E-state index contributed by atoms with van der Waals surface area (Å²) < 4.78 is 2.20. The molecule has 3 aliphatic rings. The molecule has 0 spiro atoms. The van der Waals surface area contributed by atoms with E-state index in [1.165, 1.54) is 52.8 Å². The van der Waals surface area contributed by atoms with Crippen molar-refractivity contribution in [2.24, 2.45) is 0 Å². The van der Waals surface area contributed by atoms with Gasteiger partial charge >= 0.3 is 0 Å². The second-order valence-corrected chi connectivity index (χ2v) is 18.9. The SMILES string of the molecule is C/C1=C(/c2ccc(Cl)cc2)c2c(sc(C)c2C)-n2c(C)nnc2[C@H](CC(=O)NCCCCCCCCN2CCN(c3ccc(CC(=O)NC4CCC(=O)NC4=O)cc3)CC2)CC1. The van der Waals surface area contributed by atoms with Crippen molar-refractivity contribution in [3.05, 3.63) is 97.9 Å². The smallest absolute Gasteiger partial charge is 0.249 e. The summed E-state index contributed by atoms with van der Waals surface area (Å²) in [6, 6.07) is 15.6. The second kappa shape index (κ2) is 21.0. The van der Waals surface area contributed by atoms with E-state index < -0.39 is 11.9 Å². The van der Waals surface area contributed by atoms with Crippen molar-refractivity contribution in [2.45, 2.75) is 117 Å². The average molecular weight is 882 g/mol. The van der Waals surface area contributed by atoms with Crippen LogP contribution in [0.1, 0.15) is 122 Å². The zero-order chi connectivity index (χ0) is 43.8. The highest BCUT2D eigenvalue weighted by atomic mass is 35.5. The number of rotatable bonds is 16. The zero-order valence-electron chi connectivity index (χ0n) is 36.7. The lowest BCUT2D eigenvalue weighted by Crippen LogP contribution is -2.52. The van der Waals surface area contributed by atoms with E-state index in [9.17, 15) is 19.2 Å². The third-order valence-corrected chi connectivity index (χ3v) is 14.2. The Bertz CT molecular complexity index is 2260. The Labute approximate surface area is 374 Å². The molecule has 4 amide bonds. The molecule has 2 saturated heterocycles. The number of aromatic nitrogens is 3. The van der Waals surface area contributed by atoms with Crippen LogP contribution < -0.4 is 20.9 Å². The van der Waals surface area contributed by atoms with Crippen molar-refractivity contribution in [2.75, 3.05) is 44.2 Å². The lowest BCUT2D eigenvalue weighted by Gasteiger charge is -2.36. The van der Waals surface area contributed by atoms with Crippen LogP contribution in [0, 0.1) is 20.8 Å². The molecule has 0 radical (unpaired) electrons. The monoisotopic (exact) mass is 880 g/mol. The van der Waals surface area contributed by atoms with Crippen molar-refractivity contribution in [3.63, 3.8) is 0 Å². The number of piperidine rings is 1. The summed E-state index contributed by atoms with van der Waals surface area (Å²) in [5.41, 5.74) is 8.21. The van der Waals surface area contributed by atoms with Crippen LogP contribution in [0.15, 0.2) is 54.1 Å². The molecule has 14 heteroatoms. The van der Waals surface area contributed by atoms with Gasteiger partial charge in [0.15, 0.2) is 0 Å². The average Bonchev–Trinajstić information content (AvgIpc) is 3.78. The highest BCUT2D eigenvalue weighted by molar-refractivity contribution is 7.15. The van der Waals surface area contributed by atoms with Crippen molar-refractivity contribution in [3.8, 4) is 5.00 Å². The van der Waals surface area contributed by atoms with E-state index in [0.29, 0.717) is 19.4 Å². The molecular weight excluding hydrogens is 820 g/mol. The van der Waals surface area contributed by atoms with Gasteiger partial charge < -0.3 is 15.5 Å². The van der Waals surface area contributed by atoms with Gasteiger partial charge in [-0.1, -0.05) is 67.1 Å². The minimum atomic E-state index is -0.651. The Kier molecular flexibility index (Phi) is 15.3. The summed E-state index contributed by atoms with van der Waals surface area (Å²) in [6.07, 6.45) is 9.69. The van der Waals surface area contributed by atoms with Crippen molar-refractivity contribution >= 4 is 57.8 Å². The summed E-state index contributed by atoms with van der Waals surface area (Å²) in [5, 5.41) is 19.3. The first-order valence-corrected chi connectivity index (χ1v) is 23.6. The molecule has 0 saturated carbocycles. The largest absolute Gasteiger partial charge is 0.369 e. The van der Waals surface area contributed by atoms with Gasteiger partial charge in [-0.25, -0.2) is 0 Å². The van der Waals surface area contributed by atoms with E-state index in [1.807, 2.05) is 31.2 Å². The van der Waals surface area contributed by atoms with Gasteiger partial charge in [-0.3, -0.25) is 34.0 Å². The topological polar surface area (TPSA) is 142 Å². The molecule has 12 nitrogen and oxygen atoms in total. The van der Waals surface area contributed by atoms with Crippen LogP contribution in [0.4, 0.5) is 5.69 Å². The van der Waals surface area contributed by atoms with Crippen LogP contribution in [-0.4, -0.2) is 88.6 Å². The van der Waals surface area contributed by atoms with Crippen molar-refractivity contribution < 1.29 is 19.2 Å². The van der Waals surface area contributed by atoms with Crippen molar-refractivity contribution in [1.82, 2.24) is 35.6 Å². The van der Waals surface area contributed by atoms with Gasteiger partial charge in [0.1, 0.15) is 22.7 Å². The predicted molar refractivity (Wildman–Crippen MR) is 247 cm³/mol. The quantitative estimate of drug-likeness (QED) is 0.0768. The maximum absolute atomic E-state index is 13.4. The van der Waals surface area contributed by atoms with Crippen LogP contribution >= 0.6 is 22.9 Å². The summed E-state index contributed by atoms with van der Waals surface area (Å²) in [5.74, 6) is 0.776. The number of nitrogens with zero attached hydrogens (tertiary/aromatic N) is 5. The Morgan fingerprint density at radius 2 is 1.55 bits per heavy atom. The lowest BCUT2D eigenvalue weighted by atomic mass is 9.88. The fourth-order valence-corrected chi connectivity index (χ4v) is 10.4. The molecule has 7 rings (SSSR count). The third-order valence-electron chi connectivity index (χ3n) is 12.7. The highest BCUT2D eigenvalue weighted by Gasteiger charge is 2.31. The van der Waals surface area contributed by atoms with Gasteiger partial charge in [0, 0.05) is 72.6 Å². The molecule has 0 bridgehead atoms. The fourth-order valence-electron chi connectivity index (χ4n) is 9.02. The number of piperazine rings is 1. The standard InChI is InChI=1S/C48H61ClN8O4S/c1-31-11-14-37(46-54-53-34(4)57(46)48-45(32(2)33(3)62-48)44(31)36-15-17-38(49)18-16-36)30-42(59)50-23-9-7-5-6-8-10-24-55-25-27-56(28-26-55)39-19-12-35(13-20-39)29-43(60)51-40-21-22-41(58)52-47(40)61/h12-13,15-20,37,40H,5-11,14,21-30H2,1-4H3,(H,50,59)(H,51,60)(H,52,58,61)/b44-31+/t37-,40?/m0/s1. The van der Waals surface area contributed by atoms with Crippen LogP contribution in [0.3, 0.4) is 0 Å². The Hall–Kier alpha value is -4.85. The van der Waals surface area contributed by atoms with Gasteiger partial charge in [0.05, 0.1) is 6.42 Å². The molecule has 0 aliphatic carbocycles. The van der Waals surface area contributed by atoms with Gasteiger partial charge in [0.25, 0.3) is 0 Å². The van der Waals surface area contributed by atoms with Crippen LogP contribution in [-0.2, 0) is 25.6 Å². The molecule has 2 aromatic carbocycles. The molecule has 2 atom stereocenters. The third kappa shape index (κ3) is 11.2. The molecule has 2 aromatic heterocycles. The fraction of sp³-hybridized carbons (Fsp3) is 0.500. The van der Waals surface area contributed by atoms with Crippen LogP contribution in [0.5, 0.6) is 0 Å². The first kappa shape index (κ1) is 45.2. The van der Waals surface area contributed by atoms with E-state index in [4.69, 9.17) is 16.7 Å². The Morgan fingerprint density at radius 1 is 0.839 bits per heavy atom. The number of carbonyl (C=O) groups excluding carboxylic acids is 4. The second-order valence-electron chi connectivity index (χ2n) is 17.2. The normalized spacial score (nSPS) is 19.5. The molecular formula is C48H61ClN8O4S. The molecule has 330 valence electrons. The summed E-state index contributed by atoms with van der Waals surface area (Å²) >= 11 is 8.08. The molecule has 3 N–H and O–H groups in total. The number of amides is 4. The van der Waals surface area contributed by atoms with E-state index in [2.05, 4.69) is 80.5 Å². The zero-order valence-corrected chi connectivity index (χ0v) is 38.2. The van der Waals surface area contributed by atoms with Gasteiger partial charge in [-0.2, -0.15) is 0 Å². The number of hydrogen-bond donors (Lipinski definition) is 3. The number of unbranched alkanes of at least 4 members (excludes halogenated alkanes) is 5. The van der Waals surface area contributed by atoms with Crippen molar-refractivity contribution in [1.29, 1.82) is 0 Å². The molecule has 62 heavy (non-hydrogen) atoms. The van der Waals surface area contributed by atoms with Crippen LogP contribution in [0.2, 0.25) is 5.02 Å². The molecule has 1 unspecified atom stereocenters. The number of carbonyl (C=O) groups is 4. The Balaban J connectivity index is 0.790. The van der Waals surface area contributed by atoms with Gasteiger partial charge in [0.2, 0.25) is 23.6 Å². The number of thiophene rings is 1. The number of fused-ring (bicyclic) bond motifs is 3. The van der Waals surface area contributed by atoms with E-state index in [1.54, 1.807) is 11.3 Å². The maximum Gasteiger partial charge on any atom is 0.249 e. The number of halogens is 1. The highest BCUT2D eigenvalue weighted by Crippen LogP contribution is 2.44. The van der Waals surface area contributed by atoms with E-state index in [0.717, 1.165) is 96.9 Å². The summed E-state index contributed by atoms with van der Waals surface area (Å²) in [7, 11) is 0. The molecule has 5 heterocycles. The molecule has 3 aliphatic heterocycles. The number of anilines is 1. The number of hydrogen-bond acceptors (Lipinski definition) is 9. The van der Waals surface area contributed by atoms with E-state index in [-0.39, 0.29) is 36.5 Å². The van der Waals surface area contributed by atoms with Gasteiger partial charge in [-0.15, -0.1) is 21.5 Å². The number of benzene rings is 2. The number of imide groups is 1. The minimum absolute atomic E-state index is 0.0527. The van der Waals surface area contributed by atoms with Crippen LogP contribution in [0.25, 0.3) is 10.6 Å². The minimum Gasteiger partial charge on any atom is -0.369 e. The summed E-state index contributed by atoms with van der Waals surface area (Å²) in [6.45, 7) is 14.4.